The van der Waals surface area contributed by atoms with Crippen molar-refractivity contribution >= 4 is 11.4 Å². The van der Waals surface area contributed by atoms with E-state index in [-0.39, 0.29) is 5.82 Å². The third-order valence-corrected chi connectivity index (χ3v) is 3.99. The Morgan fingerprint density at radius 2 is 2.05 bits per heavy atom. The lowest BCUT2D eigenvalue weighted by Gasteiger charge is -2.21. The zero-order chi connectivity index (χ0) is 14.1. The van der Waals surface area contributed by atoms with Crippen LogP contribution in [0.15, 0.2) is 36.4 Å². The number of aryl methyl sites for hydroxylation is 1. The fourth-order valence-corrected chi connectivity index (χ4v) is 2.90. The molecule has 0 saturated heterocycles. The van der Waals surface area contributed by atoms with Gasteiger partial charge in [-0.2, -0.15) is 0 Å². The van der Waals surface area contributed by atoms with Gasteiger partial charge < -0.3 is 10.6 Å². The summed E-state index contributed by atoms with van der Waals surface area (Å²) in [6.07, 6.45) is 1.87. The Morgan fingerprint density at radius 1 is 1.20 bits per heavy atom. The first-order valence-electron chi connectivity index (χ1n) is 7.04. The van der Waals surface area contributed by atoms with E-state index in [1.165, 1.54) is 22.8 Å². The van der Waals surface area contributed by atoms with Crippen molar-refractivity contribution in [3.63, 3.8) is 0 Å². The van der Waals surface area contributed by atoms with Crippen molar-refractivity contribution in [2.24, 2.45) is 5.73 Å². The number of benzene rings is 2. The smallest absolute Gasteiger partial charge is 0.125 e. The first-order valence-corrected chi connectivity index (χ1v) is 7.04. The zero-order valence-corrected chi connectivity index (χ0v) is 11.7. The molecule has 104 valence electrons. The van der Waals surface area contributed by atoms with Crippen LogP contribution in [-0.4, -0.2) is 13.1 Å². The van der Waals surface area contributed by atoms with Gasteiger partial charge in [0.1, 0.15) is 5.82 Å². The molecule has 0 saturated carbocycles. The highest BCUT2D eigenvalue weighted by Crippen LogP contribution is 2.35. The molecule has 0 bridgehead atoms. The normalized spacial score (nSPS) is 13.7. The van der Waals surface area contributed by atoms with Crippen LogP contribution in [0.4, 0.5) is 15.8 Å². The molecule has 0 amide bonds. The highest BCUT2D eigenvalue weighted by Gasteiger charge is 2.21. The Balaban J connectivity index is 1.96. The third kappa shape index (κ3) is 2.29. The summed E-state index contributed by atoms with van der Waals surface area (Å²) < 4.78 is 13.5. The average molecular weight is 270 g/mol. The van der Waals surface area contributed by atoms with E-state index < -0.39 is 0 Å². The van der Waals surface area contributed by atoms with E-state index in [9.17, 15) is 4.39 Å². The van der Waals surface area contributed by atoms with Crippen molar-refractivity contribution in [3.05, 3.63) is 58.9 Å². The highest BCUT2D eigenvalue weighted by atomic mass is 19.1. The maximum atomic E-state index is 13.5. The Bertz CT molecular complexity index is 637. The van der Waals surface area contributed by atoms with E-state index in [4.69, 9.17) is 5.73 Å². The van der Waals surface area contributed by atoms with Gasteiger partial charge in [-0.1, -0.05) is 12.1 Å². The summed E-state index contributed by atoms with van der Waals surface area (Å²) in [5.41, 5.74) is 11.5. The molecule has 20 heavy (non-hydrogen) atoms. The summed E-state index contributed by atoms with van der Waals surface area (Å²) >= 11 is 0. The topological polar surface area (TPSA) is 29.3 Å². The molecule has 0 aliphatic carbocycles. The molecule has 0 unspecified atom stereocenters. The minimum Gasteiger partial charge on any atom is -0.341 e. The van der Waals surface area contributed by atoms with Gasteiger partial charge >= 0.3 is 0 Å². The van der Waals surface area contributed by atoms with Gasteiger partial charge in [0.15, 0.2) is 0 Å². The highest BCUT2D eigenvalue weighted by molar-refractivity contribution is 5.70. The van der Waals surface area contributed by atoms with Crippen LogP contribution in [0.3, 0.4) is 0 Å². The van der Waals surface area contributed by atoms with Crippen LogP contribution in [0.1, 0.15) is 16.7 Å². The number of nitrogens with zero attached hydrogens (tertiary/aromatic N) is 1. The molecule has 1 aliphatic heterocycles. The van der Waals surface area contributed by atoms with Crippen LogP contribution in [-0.2, 0) is 12.8 Å². The van der Waals surface area contributed by atoms with Crippen molar-refractivity contribution < 1.29 is 4.39 Å². The average Bonchev–Trinajstić information content (AvgIpc) is 2.84. The number of hydrogen-bond donors (Lipinski definition) is 1. The van der Waals surface area contributed by atoms with Crippen molar-refractivity contribution in [1.82, 2.24) is 0 Å². The van der Waals surface area contributed by atoms with Gasteiger partial charge in [0.25, 0.3) is 0 Å². The van der Waals surface area contributed by atoms with Crippen LogP contribution in [0.2, 0.25) is 0 Å². The fraction of sp³-hybridized carbons (Fsp3) is 0.294. The van der Waals surface area contributed by atoms with Gasteiger partial charge in [0.2, 0.25) is 0 Å². The zero-order valence-electron chi connectivity index (χ0n) is 11.7. The predicted molar refractivity (Wildman–Crippen MR) is 81.0 cm³/mol. The molecule has 0 spiro atoms. The number of nitrogens with two attached hydrogens (primary N) is 1. The van der Waals surface area contributed by atoms with Gasteiger partial charge in [-0.3, -0.25) is 0 Å². The number of fused-ring (bicyclic) bond motifs is 1. The Morgan fingerprint density at radius 3 is 2.80 bits per heavy atom. The van der Waals surface area contributed by atoms with Crippen LogP contribution < -0.4 is 10.6 Å². The Kier molecular flexibility index (Phi) is 3.45. The molecule has 1 heterocycles. The van der Waals surface area contributed by atoms with Gasteiger partial charge in [-0.25, -0.2) is 4.39 Å². The quantitative estimate of drug-likeness (QED) is 0.927. The number of hydrogen-bond acceptors (Lipinski definition) is 2. The van der Waals surface area contributed by atoms with Crippen LogP contribution in [0, 0.1) is 12.7 Å². The minimum absolute atomic E-state index is 0.174. The van der Waals surface area contributed by atoms with E-state index in [1.807, 2.05) is 6.07 Å². The van der Waals surface area contributed by atoms with E-state index in [1.54, 1.807) is 6.07 Å². The second kappa shape index (κ2) is 5.25. The first kappa shape index (κ1) is 13.1. The summed E-state index contributed by atoms with van der Waals surface area (Å²) in [5, 5.41) is 0. The van der Waals surface area contributed by atoms with Crippen LogP contribution in [0.5, 0.6) is 0 Å². The monoisotopic (exact) mass is 270 g/mol. The van der Waals surface area contributed by atoms with Crippen molar-refractivity contribution in [3.8, 4) is 0 Å². The van der Waals surface area contributed by atoms with Crippen LogP contribution in [0.25, 0.3) is 0 Å². The van der Waals surface area contributed by atoms with Gasteiger partial charge in [0, 0.05) is 17.9 Å². The molecule has 1 aliphatic rings. The van der Waals surface area contributed by atoms with Crippen molar-refractivity contribution in [2.45, 2.75) is 19.8 Å². The summed E-state index contributed by atoms with van der Waals surface area (Å²) in [6.45, 7) is 3.68. The molecule has 3 rings (SSSR count). The summed E-state index contributed by atoms with van der Waals surface area (Å²) in [7, 11) is 0. The SMILES string of the molecule is Cc1cc(N2CCc3ccc(F)cc32)ccc1CCN. The first-order chi connectivity index (χ1) is 9.69. The molecule has 2 aromatic carbocycles. The van der Waals surface area contributed by atoms with Gasteiger partial charge in [0.05, 0.1) is 0 Å². The Hall–Kier alpha value is -1.87. The number of rotatable bonds is 3. The molecule has 0 fully saturated rings. The number of halogens is 1. The van der Waals surface area contributed by atoms with Crippen molar-refractivity contribution in [2.75, 3.05) is 18.0 Å². The molecule has 0 aromatic heterocycles. The lowest BCUT2D eigenvalue weighted by molar-refractivity contribution is 0.628. The van der Waals surface area contributed by atoms with Gasteiger partial charge in [-0.15, -0.1) is 0 Å². The Labute approximate surface area is 119 Å². The van der Waals surface area contributed by atoms with E-state index in [0.29, 0.717) is 6.54 Å². The third-order valence-electron chi connectivity index (χ3n) is 3.99. The molecular weight excluding hydrogens is 251 g/mol. The molecular formula is C17H19FN2. The second-order valence-electron chi connectivity index (χ2n) is 5.32. The summed E-state index contributed by atoms with van der Waals surface area (Å²) in [5.74, 6) is -0.174. The van der Waals surface area contributed by atoms with E-state index >= 15 is 0 Å². The number of anilines is 2. The van der Waals surface area contributed by atoms with E-state index in [0.717, 1.165) is 30.8 Å². The summed E-state index contributed by atoms with van der Waals surface area (Å²) in [4.78, 5) is 2.19. The molecule has 0 atom stereocenters. The molecule has 2 N–H and O–H groups in total. The molecule has 3 heteroatoms. The maximum Gasteiger partial charge on any atom is 0.125 e. The molecule has 0 radical (unpaired) electrons. The molecule has 2 nitrogen and oxygen atoms in total. The predicted octanol–water partition coefficient (Wildman–Crippen LogP) is 3.33. The fourth-order valence-electron chi connectivity index (χ4n) is 2.90. The van der Waals surface area contributed by atoms with Gasteiger partial charge in [-0.05, 0) is 67.3 Å². The van der Waals surface area contributed by atoms with Crippen LogP contribution >= 0.6 is 0 Å². The standard InChI is InChI=1S/C17H19FN2/c1-12-10-16(5-3-13(12)6-8-19)20-9-7-14-2-4-15(18)11-17(14)20/h2-5,10-11H,6-9,19H2,1H3. The summed E-state index contributed by atoms with van der Waals surface area (Å²) in [6, 6.07) is 11.5. The minimum atomic E-state index is -0.174. The van der Waals surface area contributed by atoms with E-state index in [2.05, 4.69) is 30.0 Å². The van der Waals surface area contributed by atoms with Crippen molar-refractivity contribution in [1.29, 1.82) is 0 Å². The largest absolute Gasteiger partial charge is 0.341 e. The molecule has 2 aromatic rings. The lowest BCUT2D eigenvalue weighted by atomic mass is 10.0. The second-order valence-corrected chi connectivity index (χ2v) is 5.32. The maximum absolute atomic E-state index is 13.5. The lowest BCUT2D eigenvalue weighted by Crippen LogP contribution is -2.14.